The van der Waals surface area contributed by atoms with E-state index in [1.54, 1.807) is 12.1 Å². The molecule has 0 fully saturated rings. The lowest BCUT2D eigenvalue weighted by Crippen LogP contribution is -1.85. The Morgan fingerprint density at radius 1 is 0.692 bits per heavy atom. The summed E-state index contributed by atoms with van der Waals surface area (Å²) in [6.45, 7) is 2.21. The Kier molecular flexibility index (Phi) is 4.42. The highest BCUT2D eigenvalue weighted by Gasteiger charge is 2.02. The minimum absolute atomic E-state index is 0.241. The first-order chi connectivity index (χ1) is 12.7. The van der Waals surface area contributed by atoms with E-state index < -0.39 is 0 Å². The molecule has 26 heavy (non-hydrogen) atoms. The number of hydrogen-bond acceptors (Lipinski definition) is 0. The minimum Gasteiger partial charge on any atom is -0.207 e. The van der Waals surface area contributed by atoms with Crippen LogP contribution in [-0.2, 0) is 6.42 Å². The molecule has 126 valence electrons. The molecule has 0 atom stereocenters. The van der Waals surface area contributed by atoms with Crippen LogP contribution < -0.4 is 0 Å². The topological polar surface area (TPSA) is 0 Å². The summed E-state index contributed by atoms with van der Waals surface area (Å²) in [6.07, 6.45) is 2.28. The van der Waals surface area contributed by atoms with Gasteiger partial charge in [-0.2, -0.15) is 0 Å². The molecular formula is C25H19F. The monoisotopic (exact) mass is 338 g/mol. The van der Waals surface area contributed by atoms with Crippen molar-refractivity contribution in [3.8, 4) is 11.8 Å². The Balaban J connectivity index is 1.72. The van der Waals surface area contributed by atoms with Gasteiger partial charge in [-0.15, -0.1) is 0 Å². The summed E-state index contributed by atoms with van der Waals surface area (Å²) in [5.74, 6) is 6.03. The van der Waals surface area contributed by atoms with E-state index in [0.29, 0.717) is 0 Å². The largest absolute Gasteiger partial charge is 0.207 e. The predicted octanol–water partition coefficient (Wildman–Crippen LogP) is 6.48. The third kappa shape index (κ3) is 3.32. The van der Waals surface area contributed by atoms with Crippen LogP contribution >= 0.6 is 0 Å². The number of halogens is 1. The van der Waals surface area contributed by atoms with Gasteiger partial charge in [0.15, 0.2) is 0 Å². The normalized spacial score (nSPS) is 10.7. The van der Waals surface area contributed by atoms with Crippen LogP contribution in [-0.4, -0.2) is 0 Å². The summed E-state index contributed by atoms with van der Waals surface area (Å²) in [4.78, 5) is 0. The summed E-state index contributed by atoms with van der Waals surface area (Å²) >= 11 is 0. The van der Waals surface area contributed by atoms with Gasteiger partial charge in [0.1, 0.15) is 5.82 Å². The fraction of sp³-hybridized carbons (Fsp3) is 0.120. The summed E-state index contributed by atoms with van der Waals surface area (Å²) < 4.78 is 13.0. The molecule has 0 heterocycles. The molecular weight excluding hydrogens is 319 g/mol. The maximum absolute atomic E-state index is 13.0. The molecule has 4 aromatic rings. The first kappa shape index (κ1) is 16.4. The first-order valence-electron chi connectivity index (χ1n) is 8.96. The molecule has 0 radical (unpaired) electrons. The molecule has 0 aliphatic carbocycles. The second kappa shape index (κ2) is 7.02. The zero-order chi connectivity index (χ0) is 17.9. The van der Waals surface area contributed by atoms with E-state index in [9.17, 15) is 4.39 Å². The van der Waals surface area contributed by atoms with Gasteiger partial charge in [-0.05, 0) is 69.9 Å². The highest BCUT2D eigenvalue weighted by molar-refractivity contribution is 6.07. The van der Waals surface area contributed by atoms with Gasteiger partial charge >= 0.3 is 0 Å². The van der Waals surface area contributed by atoms with Crippen molar-refractivity contribution in [2.75, 3.05) is 0 Å². The van der Waals surface area contributed by atoms with E-state index in [2.05, 4.69) is 67.3 Å². The summed E-state index contributed by atoms with van der Waals surface area (Å²) in [5, 5.41) is 5.00. The van der Waals surface area contributed by atoms with Gasteiger partial charge in [-0.1, -0.05) is 61.6 Å². The van der Waals surface area contributed by atoms with Gasteiger partial charge in [0, 0.05) is 11.1 Å². The lowest BCUT2D eigenvalue weighted by Gasteiger charge is -2.07. The van der Waals surface area contributed by atoms with Crippen molar-refractivity contribution < 1.29 is 4.39 Å². The zero-order valence-corrected chi connectivity index (χ0v) is 14.7. The molecule has 0 saturated heterocycles. The van der Waals surface area contributed by atoms with Crippen LogP contribution in [0.1, 0.15) is 30.0 Å². The first-order valence-corrected chi connectivity index (χ1v) is 8.96. The molecule has 4 aromatic carbocycles. The average Bonchev–Trinajstić information content (AvgIpc) is 2.67. The van der Waals surface area contributed by atoms with Crippen molar-refractivity contribution in [3.63, 3.8) is 0 Å². The Bertz CT molecular complexity index is 1140. The predicted molar refractivity (Wildman–Crippen MR) is 108 cm³/mol. The van der Waals surface area contributed by atoms with Gasteiger partial charge in [0.2, 0.25) is 0 Å². The van der Waals surface area contributed by atoms with Crippen molar-refractivity contribution in [1.29, 1.82) is 0 Å². The van der Waals surface area contributed by atoms with Crippen molar-refractivity contribution >= 4 is 21.5 Å². The molecule has 0 bridgehead atoms. The smallest absolute Gasteiger partial charge is 0.123 e. The number of aryl methyl sites for hydroxylation is 1. The summed E-state index contributed by atoms with van der Waals surface area (Å²) in [6, 6.07) is 23.7. The van der Waals surface area contributed by atoms with Gasteiger partial charge in [0.25, 0.3) is 0 Å². The highest BCUT2D eigenvalue weighted by atomic mass is 19.1. The second-order valence-corrected chi connectivity index (χ2v) is 6.56. The van der Waals surface area contributed by atoms with Crippen LogP contribution in [0.3, 0.4) is 0 Å². The Hall–Kier alpha value is -3.11. The lowest BCUT2D eigenvalue weighted by molar-refractivity contribution is 0.627. The van der Waals surface area contributed by atoms with E-state index in [1.165, 1.54) is 39.2 Å². The molecule has 0 aliphatic rings. The van der Waals surface area contributed by atoms with Gasteiger partial charge in [-0.25, -0.2) is 4.39 Å². The number of hydrogen-bond donors (Lipinski definition) is 0. The average molecular weight is 338 g/mol. The van der Waals surface area contributed by atoms with Crippen LogP contribution in [0.25, 0.3) is 21.5 Å². The molecule has 0 N–H and O–H groups in total. The van der Waals surface area contributed by atoms with Crippen LogP contribution in [0.5, 0.6) is 0 Å². The van der Waals surface area contributed by atoms with Crippen LogP contribution in [0.15, 0.2) is 72.8 Å². The maximum atomic E-state index is 13.0. The van der Waals surface area contributed by atoms with Crippen molar-refractivity contribution in [1.82, 2.24) is 0 Å². The lowest BCUT2D eigenvalue weighted by atomic mass is 9.97. The fourth-order valence-electron chi connectivity index (χ4n) is 3.32. The van der Waals surface area contributed by atoms with E-state index in [0.717, 1.165) is 24.0 Å². The van der Waals surface area contributed by atoms with Crippen LogP contribution in [0.4, 0.5) is 4.39 Å². The van der Waals surface area contributed by atoms with Gasteiger partial charge < -0.3 is 0 Å². The molecule has 0 aliphatic heterocycles. The molecule has 0 spiro atoms. The van der Waals surface area contributed by atoms with Gasteiger partial charge in [0.05, 0.1) is 0 Å². The SMILES string of the molecule is CCCc1ccc2c(ccc3cc(C#Cc4ccc(F)cc4)ccc32)c1. The molecule has 1 heteroatoms. The molecule has 0 unspecified atom stereocenters. The second-order valence-electron chi connectivity index (χ2n) is 6.56. The quantitative estimate of drug-likeness (QED) is 0.290. The molecule has 0 aromatic heterocycles. The zero-order valence-electron chi connectivity index (χ0n) is 14.7. The Labute approximate surface area is 153 Å². The third-order valence-electron chi connectivity index (χ3n) is 4.63. The van der Waals surface area contributed by atoms with Crippen LogP contribution in [0.2, 0.25) is 0 Å². The standard InChI is InChI=1S/C25H19F/c1-2-3-19-8-14-24-21(16-19)10-11-22-17-20(9-15-25(22)24)5-4-18-6-12-23(26)13-7-18/h6-17H,2-3H2,1H3. The van der Waals surface area contributed by atoms with E-state index in [4.69, 9.17) is 0 Å². The molecule has 0 nitrogen and oxygen atoms in total. The van der Waals surface area contributed by atoms with E-state index in [-0.39, 0.29) is 5.82 Å². The van der Waals surface area contributed by atoms with Gasteiger partial charge in [-0.3, -0.25) is 0 Å². The van der Waals surface area contributed by atoms with E-state index >= 15 is 0 Å². The Morgan fingerprint density at radius 3 is 2.04 bits per heavy atom. The highest BCUT2D eigenvalue weighted by Crippen LogP contribution is 2.27. The van der Waals surface area contributed by atoms with Crippen LogP contribution in [0, 0.1) is 17.7 Å². The van der Waals surface area contributed by atoms with E-state index in [1.807, 2.05) is 0 Å². The number of fused-ring (bicyclic) bond motifs is 3. The summed E-state index contributed by atoms with van der Waals surface area (Å²) in [5.41, 5.74) is 3.17. The number of rotatable bonds is 2. The minimum atomic E-state index is -0.241. The Morgan fingerprint density at radius 2 is 1.31 bits per heavy atom. The van der Waals surface area contributed by atoms with Crippen molar-refractivity contribution in [3.05, 3.63) is 95.3 Å². The third-order valence-corrected chi connectivity index (χ3v) is 4.63. The van der Waals surface area contributed by atoms with Crippen molar-refractivity contribution in [2.24, 2.45) is 0 Å². The molecule has 0 amide bonds. The molecule has 4 rings (SSSR count). The molecule has 0 saturated carbocycles. The van der Waals surface area contributed by atoms with Crippen molar-refractivity contribution in [2.45, 2.75) is 19.8 Å². The maximum Gasteiger partial charge on any atom is 0.123 e. The fourth-order valence-corrected chi connectivity index (χ4v) is 3.32. The number of benzene rings is 4. The summed E-state index contributed by atoms with van der Waals surface area (Å²) in [7, 11) is 0.